The number of carbonyl (C=O) groups excluding carboxylic acids is 1. The van der Waals surface area contributed by atoms with Gasteiger partial charge in [0.1, 0.15) is 0 Å². The van der Waals surface area contributed by atoms with E-state index >= 15 is 0 Å². The number of halogens is 2. The molecule has 1 aliphatic rings. The maximum Gasteiger partial charge on any atom is 0.316 e. The van der Waals surface area contributed by atoms with E-state index in [1.165, 1.54) is 12.7 Å². The smallest absolute Gasteiger partial charge is 0.316 e. The van der Waals surface area contributed by atoms with E-state index < -0.39 is 5.41 Å². The molecule has 1 atom stereocenters. The first-order valence-corrected chi connectivity index (χ1v) is 12.6. The standard InChI is InChI=1S/C26H34BrClN2O2/c1-20(2)26(25(31)32-3,22-7-9-23(27)10-8-22)13-4-14-29-15-17-30(18-16-29)19-21-5-11-24(28)12-6-21/h5-12,20H,4,13-19H2,1-3H3. The van der Waals surface area contributed by atoms with Crippen LogP contribution in [0.1, 0.15) is 37.8 Å². The van der Waals surface area contributed by atoms with Gasteiger partial charge in [-0.25, -0.2) is 0 Å². The van der Waals surface area contributed by atoms with Crippen molar-refractivity contribution in [2.45, 2.75) is 38.6 Å². The minimum atomic E-state index is -0.619. The van der Waals surface area contributed by atoms with E-state index in [1.54, 1.807) is 0 Å². The van der Waals surface area contributed by atoms with Gasteiger partial charge in [0.2, 0.25) is 0 Å². The molecule has 0 bridgehead atoms. The van der Waals surface area contributed by atoms with Crippen LogP contribution in [0.5, 0.6) is 0 Å². The molecule has 3 rings (SSSR count). The van der Waals surface area contributed by atoms with Gasteiger partial charge in [0.05, 0.1) is 12.5 Å². The van der Waals surface area contributed by atoms with Gasteiger partial charge >= 0.3 is 5.97 Å². The number of rotatable bonds is 9. The summed E-state index contributed by atoms with van der Waals surface area (Å²) in [6.07, 6.45) is 1.74. The Morgan fingerprint density at radius 3 is 2.19 bits per heavy atom. The van der Waals surface area contributed by atoms with Crippen molar-refractivity contribution >= 4 is 33.5 Å². The minimum Gasteiger partial charge on any atom is -0.468 e. The van der Waals surface area contributed by atoms with Gasteiger partial charge in [-0.2, -0.15) is 0 Å². The number of hydrogen-bond acceptors (Lipinski definition) is 4. The molecule has 1 saturated heterocycles. The molecule has 0 aliphatic carbocycles. The predicted octanol–water partition coefficient (Wildman–Crippen LogP) is 5.77. The van der Waals surface area contributed by atoms with Crippen LogP contribution in [0.2, 0.25) is 5.02 Å². The molecule has 6 heteroatoms. The molecule has 0 saturated carbocycles. The van der Waals surface area contributed by atoms with Crippen LogP contribution in [0.25, 0.3) is 0 Å². The molecule has 1 aliphatic heterocycles. The second-order valence-electron chi connectivity index (χ2n) is 8.97. The van der Waals surface area contributed by atoms with Gasteiger partial charge in [0, 0.05) is 42.2 Å². The first-order valence-electron chi connectivity index (χ1n) is 11.4. The summed E-state index contributed by atoms with van der Waals surface area (Å²) in [6, 6.07) is 16.3. The Hall–Kier alpha value is -1.40. The van der Waals surface area contributed by atoms with Crippen LogP contribution in [0.15, 0.2) is 53.0 Å². The van der Waals surface area contributed by atoms with Crippen molar-refractivity contribution in [3.05, 3.63) is 69.2 Å². The van der Waals surface area contributed by atoms with Crippen molar-refractivity contribution in [2.24, 2.45) is 5.92 Å². The fraction of sp³-hybridized carbons (Fsp3) is 0.500. The number of benzene rings is 2. The van der Waals surface area contributed by atoms with Gasteiger partial charge in [-0.1, -0.05) is 65.6 Å². The number of ether oxygens (including phenoxy) is 1. The van der Waals surface area contributed by atoms with E-state index in [1.807, 2.05) is 24.3 Å². The third-order valence-corrected chi connectivity index (χ3v) is 7.51. The topological polar surface area (TPSA) is 32.8 Å². The van der Waals surface area contributed by atoms with Crippen LogP contribution < -0.4 is 0 Å². The van der Waals surface area contributed by atoms with Crippen molar-refractivity contribution in [1.29, 1.82) is 0 Å². The molecule has 0 amide bonds. The highest BCUT2D eigenvalue weighted by Crippen LogP contribution is 2.39. The van der Waals surface area contributed by atoms with Gasteiger partial charge in [-0.15, -0.1) is 0 Å². The molecule has 4 nitrogen and oxygen atoms in total. The maximum absolute atomic E-state index is 13.0. The van der Waals surface area contributed by atoms with E-state index in [0.717, 1.165) is 67.2 Å². The average Bonchev–Trinajstić information content (AvgIpc) is 2.79. The quantitative estimate of drug-likeness (QED) is 0.392. The summed E-state index contributed by atoms with van der Waals surface area (Å²) in [6.45, 7) is 10.4. The van der Waals surface area contributed by atoms with E-state index in [9.17, 15) is 4.79 Å². The number of carbonyl (C=O) groups is 1. The zero-order valence-electron chi connectivity index (χ0n) is 19.3. The Balaban J connectivity index is 1.56. The Morgan fingerprint density at radius 2 is 1.62 bits per heavy atom. The lowest BCUT2D eigenvalue weighted by atomic mass is 9.68. The molecule has 0 spiro atoms. The fourth-order valence-electron chi connectivity index (χ4n) is 4.75. The fourth-order valence-corrected chi connectivity index (χ4v) is 5.14. The number of esters is 1. The highest BCUT2D eigenvalue weighted by Gasteiger charge is 2.44. The first-order chi connectivity index (χ1) is 15.3. The van der Waals surface area contributed by atoms with Crippen LogP contribution in [0.4, 0.5) is 0 Å². The first kappa shape index (κ1) is 25.2. The van der Waals surface area contributed by atoms with Gasteiger partial charge in [0.15, 0.2) is 0 Å². The number of methoxy groups -OCH3 is 1. The summed E-state index contributed by atoms with van der Waals surface area (Å²) in [5.41, 5.74) is 1.72. The average molecular weight is 522 g/mol. The molecule has 1 unspecified atom stereocenters. The van der Waals surface area contributed by atoms with Gasteiger partial charge in [-0.05, 0) is 60.7 Å². The van der Waals surface area contributed by atoms with Gasteiger partial charge < -0.3 is 9.64 Å². The van der Waals surface area contributed by atoms with Crippen LogP contribution in [0, 0.1) is 5.92 Å². The Bertz CT molecular complexity index is 864. The van der Waals surface area contributed by atoms with Crippen molar-refractivity contribution in [3.8, 4) is 0 Å². The van der Waals surface area contributed by atoms with Gasteiger partial charge in [0.25, 0.3) is 0 Å². The SMILES string of the molecule is COC(=O)C(CCCN1CCN(Cc2ccc(Cl)cc2)CC1)(c1ccc(Br)cc1)C(C)C. The van der Waals surface area contributed by atoms with Crippen molar-refractivity contribution < 1.29 is 9.53 Å². The Kier molecular flexibility index (Phi) is 9.18. The second kappa shape index (κ2) is 11.6. The van der Waals surface area contributed by atoms with E-state index in [2.05, 4.69) is 63.8 Å². The summed E-state index contributed by atoms with van der Waals surface area (Å²) in [5.74, 6) is 0.00922. The third-order valence-electron chi connectivity index (χ3n) is 6.72. The number of hydrogen-bond donors (Lipinski definition) is 0. The summed E-state index contributed by atoms with van der Waals surface area (Å²) < 4.78 is 6.32. The van der Waals surface area contributed by atoms with E-state index in [0.29, 0.717) is 0 Å². The summed E-state index contributed by atoms with van der Waals surface area (Å²) >= 11 is 9.50. The molecule has 32 heavy (non-hydrogen) atoms. The van der Waals surface area contributed by atoms with Gasteiger partial charge in [-0.3, -0.25) is 9.69 Å². The normalized spacial score (nSPS) is 17.3. The van der Waals surface area contributed by atoms with E-state index in [-0.39, 0.29) is 11.9 Å². The molecule has 1 fully saturated rings. The molecule has 2 aromatic carbocycles. The molecule has 0 aromatic heterocycles. The second-order valence-corrected chi connectivity index (χ2v) is 10.3. The highest BCUT2D eigenvalue weighted by atomic mass is 79.9. The lowest BCUT2D eigenvalue weighted by Crippen LogP contribution is -2.47. The van der Waals surface area contributed by atoms with Crippen molar-refractivity contribution in [1.82, 2.24) is 9.80 Å². The summed E-state index contributed by atoms with van der Waals surface area (Å²) in [7, 11) is 1.50. The van der Waals surface area contributed by atoms with E-state index in [4.69, 9.17) is 16.3 Å². The lowest BCUT2D eigenvalue weighted by Gasteiger charge is -2.38. The monoisotopic (exact) mass is 520 g/mol. The molecular weight excluding hydrogens is 488 g/mol. The molecule has 2 aromatic rings. The van der Waals surface area contributed by atoms with Crippen molar-refractivity contribution in [2.75, 3.05) is 39.8 Å². The zero-order valence-corrected chi connectivity index (χ0v) is 21.7. The molecule has 0 radical (unpaired) electrons. The molecule has 174 valence electrons. The maximum atomic E-state index is 13.0. The molecule has 0 N–H and O–H groups in total. The summed E-state index contributed by atoms with van der Waals surface area (Å²) in [5, 5.41) is 0.783. The minimum absolute atomic E-state index is 0.136. The zero-order chi connectivity index (χ0) is 23.1. The predicted molar refractivity (Wildman–Crippen MR) is 135 cm³/mol. The highest BCUT2D eigenvalue weighted by molar-refractivity contribution is 9.10. The largest absolute Gasteiger partial charge is 0.468 e. The van der Waals surface area contributed by atoms with Crippen LogP contribution in [0.3, 0.4) is 0 Å². The number of nitrogens with zero attached hydrogens (tertiary/aromatic N) is 2. The Morgan fingerprint density at radius 1 is 1.03 bits per heavy atom. The third kappa shape index (κ3) is 6.13. The molecule has 1 heterocycles. The van der Waals surface area contributed by atoms with Crippen LogP contribution in [-0.2, 0) is 21.5 Å². The summed E-state index contributed by atoms with van der Waals surface area (Å²) in [4.78, 5) is 18.0. The van der Waals surface area contributed by atoms with Crippen LogP contribution >= 0.6 is 27.5 Å². The van der Waals surface area contributed by atoms with Crippen LogP contribution in [-0.4, -0.2) is 55.6 Å². The van der Waals surface area contributed by atoms with Crippen molar-refractivity contribution in [3.63, 3.8) is 0 Å². The Labute approximate surface area is 206 Å². The lowest BCUT2D eigenvalue weighted by molar-refractivity contribution is -0.150. The molecular formula is C26H34BrClN2O2. The number of piperazine rings is 1.